The van der Waals surface area contributed by atoms with Crippen molar-refractivity contribution in [3.63, 3.8) is 0 Å². The van der Waals surface area contributed by atoms with Crippen molar-refractivity contribution in [2.75, 3.05) is 26.2 Å². The van der Waals surface area contributed by atoms with Crippen LogP contribution in [0.5, 0.6) is 0 Å². The normalized spacial score (nSPS) is 16.9. The zero-order chi connectivity index (χ0) is 18.9. The van der Waals surface area contributed by atoms with Crippen LogP contribution in [0.1, 0.15) is 18.2 Å². The van der Waals surface area contributed by atoms with Gasteiger partial charge in [0.1, 0.15) is 4.90 Å². The summed E-state index contributed by atoms with van der Waals surface area (Å²) in [7, 11) is -3.65. The second-order valence-electron chi connectivity index (χ2n) is 6.35. The third-order valence-corrected chi connectivity index (χ3v) is 7.22. The van der Waals surface area contributed by atoms with Crippen LogP contribution in [-0.4, -0.2) is 53.6 Å². The van der Waals surface area contributed by atoms with Crippen molar-refractivity contribution >= 4 is 33.2 Å². The van der Waals surface area contributed by atoms with Crippen LogP contribution in [-0.2, 0) is 23.1 Å². The minimum Gasteiger partial charge on any atom is -0.296 e. The van der Waals surface area contributed by atoms with Gasteiger partial charge in [0.15, 0.2) is 0 Å². The van der Waals surface area contributed by atoms with E-state index in [0.717, 1.165) is 18.8 Å². The Labute approximate surface area is 164 Å². The molecule has 6 nitrogen and oxygen atoms in total. The number of rotatable bonds is 5. The highest BCUT2D eigenvalue weighted by Gasteiger charge is 2.30. The van der Waals surface area contributed by atoms with Crippen molar-refractivity contribution in [3.8, 4) is 0 Å². The molecule has 2 aromatic rings. The summed E-state index contributed by atoms with van der Waals surface area (Å²) in [6.07, 6.45) is 2.06. The van der Waals surface area contributed by atoms with E-state index in [1.807, 2.05) is 11.6 Å². The second-order valence-corrected chi connectivity index (χ2v) is 9.10. The largest absolute Gasteiger partial charge is 0.296 e. The summed E-state index contributed by atoms with van der Waals surface area (Å²) in [5.41, 5.74) is 2.20. The summed E-state index contributed by atoms with van der Waals surface area (Å²) in [6, 6.07) is 4.51. The quantitative estimate of drug-likeness (QED) is 0.751. The molecule has 0 aliphatic carbocycles. The Hall–Kier alpha value is -1.12. The zero-order valence-electron chi connectivity index (χ0n) is 14.8. The molecule has 0 N–H and O–H groups in total. The Morgan fingerprint density at radius 3 is 2.46 bits per heavy atom. The van der Waals surface area contributed by atoms with Gasteiger partial charge in [-0.25, -0.2) is 8.42 Å². The van der Waals surface area contributed by atoms with Gasteiger partial charge < -0.3 is 0 Å². The van der Waals surface area contributed by atoms with E-state index in [1.54, 1.807) is 6.07 Å². The number of hydrogen-bond donors (Lipinski definition) is 0. The number of aromatic nitrogens is 2. The molecule has 1 aromatic carbocycles. The van der Waals surface area contributed by atoms with Crippen molar-refractivity contribution in [1.29, 1.82) is 0 Å². The highest BCUT2D eigenvalue weighted by molar-refractivity contribution is 7.89. The molecule has 142 valence electrons. The lowest BCUT2D eigenvalue weighted by Crippen LogP contribution is -2.48. The first-order valence-corrected chi connectivity index (χ1v) is 10.7. The van der Waals surface area contributed by atoms with Crippen molar-refractivity contribution < 1.29 is 8.42 Å². The van der Waals surface area contributed by atoms with Gasteiger partial charge >= 0.3 is 0 Å². The second kappa shape index (κ2) is 7.86. The molecule has 1 aromatic heterocycles. The Kier molecular flexibility index (Phi) is 5.94. The van der Waals surface area contributed by atoms with Gasteiger partial charge in [-0.05, 0) is 32.0 Å². The van der Waals surface area contributed by atoms with E-state index in [4.69, 9.17) is 23.2 Å². The smallest absolute Gasteiger partial charge is 0.244 e. The Bertz CT molecular complexity index is 890. The van der Waals surface area contributed by atoms with E-state index in [9.17, 15) is 8.42 Å². The molecule has 0 amide bonds. The number of sulfonamides is 1. The minimum absolute atomic E-state index is 0.0696. The molecular weight excluding hydrogens is 395 g/mol. The molecular formula is C17H22Cl2N4O2S. The van der Waals surface area contributed by atoms with Crippen LogP contribution < -0.4 is 0 Å². The lowest BCUT2D eigenvalue weighted by Gasteiger charge is -2.34. The van der Waals surface area contributed by atoms with Gasteiger partial charge in [-0.15, -0.1) is 0 Å². The van der Waals surface area contributed by atoms with Gasteiger partial charge in [0, 0.05) is 56.1 Å². The van der Waals surface area contributed by atoms with Crippen LogP contribution in [0, 0.1) is 6.92 Å². The molecule has 0 spiro atoms. The molecule has 26 heavy (non-hydrogen) atoms. The highest BCUT2D eigenvalue weighted by atomic mass is 35.5. The number of halogens is 2. The molecule has 0 bridgehead atoms. The number of hydrogen-bond acceptors (Lipinski definition) is 4. The van der Waals surface area contributed by atoms with Gasteiger partial charge in [-0.1, -0.05) is 23.2 Å². The summed E-state index contributed by atoms with van der Waals surface area (Å²) in [5, 5.41) is 5.01. The highest BCUT2D eigenvalue weighted by Crippen LogP contribution is 2.28. The van der Waals surface area contributed by atoms with Crippen molar-refractivity contribution in [2.24, 2.45) is 0 Å². The first kappa shape index (κ1) is 19.6. The van der Waals surface area contributed by atoms with Gasteiger partial charge in [-0.2, -0.15) is 9.40 Å². The minimum atomic E-state index is -3.65. The Balaban J connectivity index is 1.67. The first-order chi connectivity index (χ1) is 12.3. The summed E-state index contributed by atoms with van der Waals surface area (Å²) in [6.45, 7) is 7.84. The number of benzene rings is 1. The zero-order valence-corrected chi connectivity index (χ0v) is 17.1. The van der Waals surface area contributed by atoms with Crippen LogP contribution in [0.15, 0.2) is 29.3 Å². The van der Waals surface area contributed by atoms with E-state index < -0.39 is 10.0 Å². The van der Waals surface area contributed by atoms with Crippen molar-refractivity contribution in [1.82, 2.24) is 19.0 Å². The molecule has 2 heterocycles. The van der Waals surface area contributed by atoms with Gasteiger partial charge in [0.25, 0.3) is 0 Å². The van der Waals surface area contributed by atoms with E-state index in [1.165, 1.54) is 22.0 Å². The average Bonchev–Trinajstić information content (AvgIpc) is 2.97. The maximum Gasteiger partial charge on any atom is 0.244 e. The predicted molar refractivity (Wildman–Crippen MR) is 103 cm³/mol. The molecule has 0 atom stereocenters. The maximum absolute atomic E-state index is 12.9. The van der Waals surface area contributed by atoms with Crippen LogP contribution in [0.3, 0.4) is 0 Å². The molecule has 0 radical (unpaired) electrons. The van der Waals surface area contributed by atoms with Gasteiger partial charge in [0.05, 0.1) is 10.7 Å². The lowest BCUT2D eigenvalue weighted by molar-refractivity contribution is 0.181. The van der Waals surface area contributed by atoms with Gasteiger partial charge in [-0.3, -0.25) is 9.58 Å². The maximum atomic E-state index is 12.9. The first-order valence-electron chi connectivity index (χ1n) is 8.51. The molecule has 1 aliphatic heterocycles. The molecule has 1 aliphatic rings. The van der Waals surface area contributed by atoms with Crippen LogP contribution in [0.25, 0.3) is 0 Å². The number of piperazine rings is 1. The SMILES string of the molecule is CCn1cc(CN2CCN(S(=O)(=O)c3cc(Cl)ccc3Cl)CC2)c(C)n1. The molecule has 0 saturated carbocycles. The Morgan fingerprint density at radius 2 is 1.85 bits per heavy atom. The lowest BCUT2D eigenvalue weighted by atomic mass is 10.2. The fourth-order valence-electron chi connectivity index (χ4n) is 3.06. The molecule has 9 heteroatoms. The third-order valence-electron chi connectivity index (χ3n) is 4.61. The fraction of sp³-hybridized carbons (Fsp3) is 0.471. The van der Waals surface area contributed by atoms with Crippen molar-refractivity contribution in [3.05, 3.63) is 45.7 Å². The third kappa shape index (κ3) is 4.07. The summed E-state index contributed by atoms with van der Waals surface area (Å²) < 4.78 is 29.1. The monoisotopic (exact) mass is 416 g/mol. The summed E-state index contributed by atoms with van der Waals surface area (Å²) in [5.74, 6) is 0. The van der Waals surface area contributed by atoms with Crippen LogP contribution in [0.2, 0.25) is 10.0 Å². The van der Waals surface area contributed by atoms with Gasteiger partial charge in [0.2, 0.25) is 10.0 Å². The average molecular weight is 417 g/mol. The Morgan fingerprint density at radius 1 is 1.15 bits per heavy atom. The van der Waals surface area contributed by atoms with Crippen LogP contribution >= 0.6 is 23.2 Å². The summed E-state index contributed by atoms with van der Waals surface area (Å²) in [4.78, 5) is 2.32. The molecule has 3 rings (SSSR count). The predicted octanol–water partition coefficient (Wildman–Crippen LogP) is 3.02. The number of aryl methyl sites for hydroxylation is 2. The van der Waals surface area contributed by atoms with E-state index >= 15 is 0 Å². The van der Waals surface area contributed by atoms with Crippen molar-refractivity contribution in [2.45, 2.75) is 31.8 Å². The van der Waals surface area contributed by atoms with E-state index in [2.05, 4.69) is 23.1 Å². The van der Waals surface area contributed by atoms with E-state index in [0.29, 0.717) is 31.2 Å². The fourth-order valence-corrected chi connectivity index (χ4v) is 5.22. The van der Waals surface area contributed by atoms with Crippen LogP contribution in [0.4, 0.5) is 0 Å². The number of nitrogens with zero attached hydrogens (tertiary/aromatic N) is 4. The topological polar surface area (TPSA) is 58.4 Å². The van der Waals surface area contributed by atoms with E-state index in [-0.39, 0.29) is 9.92 Å². The molecule has 0 unspecified atom stereocenters. The molecule has 1 saturated heterocycles. The summed E-state index contributed by atoms with van der Waals surface area (Å²) >= 11 is 12.0. The standard InChI is InChI=1S/C17H22Cl2N4O2S/c1-3-22-12-14(13(2)20-22)11-21-6-8-23(9-7-21)26(24,25)17-10-15(18)4-5-16(17)19/h4-5,10,12H,3,6-9,11H2,1-2H3. The molecule has 1 fully saturated rings.